The lowest BCUT2D eigenvalue weighted by Gasteiger charge is -2.34. The van der Waals surface area contributed by atoms with E-state index < -0.39 is 29.4 Å². The van der Waals surface area contributed by atoms with Crippen LogP contribution in [-0.2, 0) is 14.4 Å². The number of nitrogens with one attached hydrogen (secondary N) is 1. The van der Waals surface area contributed by atoms with Crippen LogP contribution in [0.5, 0.6) is 0 Å². The summed E-state index contributed by atoms with van der Waals surface area (Å²) in [5, 5.41) is 15.4. The van der Waals surface area contributed by atoms with E-state index in [4.69, 9.17) is 0 Å². The first-order valence-electron chi connectivity index (χ1n) is 9.68. The fourth-order valence-electron chi connectivity index (χ4n) is 4.97. The van der Waals surface area contributed by atoms with E-state index in [0.717, 1.165) is 16.3 Å². The highest BCUT2D eigenvalue weighted by Crippen LogP contribution is 2.51. The van der Waals surface area contributed by atoms with Gasteiger partial charge < -0.3 is 5.11 Å². The number of hydrogen-bond donors (Lipinski definition) is 2. The Hall–Kier alpha value is -2.73. The lowest BCUT2D eigenvalue weighted by atomic mass is 9.73. The number of nitrogens with zero attached hydrogens (tertiary/aromatic N) is 1. The zero-order valence-corrected chi connectivity index (χ0v) is 16.2. The van der Waals surface area contributed by atoms with Crippen LogP contribution in [0.3, 0.4) is 0 Å². The molecule has 6 nitrogen and oxygen atoms in total. The molecule has 0 radical (unpaired) electrons. The van der Waals surface area contributed by atoms with Crippen LogP contribution in [0.1, 0.15) is 32.4 Å². The van der Waals surface area contributed by atoms with Crippen LogP contribution < -0.4 is 5.32 Å². The number of aliphatic carboxylic acids is 1. The molecule has 4 unspecified atom stereocenters. The number of imide groups is 1. The monoisotopic (exact) mass is 380 g/mol. The van der Waals surface area contributed by atoms with Gasteiger partial charge in [-0.1, -0.05) is 50.2 Å². The number of carbonyl (C=O) groups is 3. The molecule has 0 aliphatic carbocycles. The van der Waals surface area contributed by atoms with Gasteiger partial charge in [0.15, 0.2) is 0 Å². The molecule has 0 saturated carbocycles. The van der Waals surface area contributed by atoms with Crippen molar-refractivity contribution in [3.8, 4) is 0 Å². The van der Waals surface area contributed by atoms with Crippen molar-refractivity contribution >= 4 is 28.6 Å². The summed E-state index contributed by atoms with van der Waals surface area (Å²) >= 11 is 0. The number of hydrogen-bond acceptors (Lipinski definition) is 4. The summed E-state index contributed by atoms with van der Waals surface area (Å²) in [4.78, 5) is 39.7. The van der Waals surface area contributed by atoms with Crippen molar-refractivity contribution in [2.45, 2.75) is 32.4 Å². The second-order valence-corrected chi connectivity index (χ2v) is 7.98. The molecule has 2 N–H and O–H groups in total. The van der Waals surface area contributed by atoms with Gasteiger partial charge in [-0.2, -0.15) is 0 Å². The summed E-state index contributed by atoms with van der Waals surface area (Å²) in [6.45, 7) is 5.57. The Kier molecular flexibility index (Phi) is 4.27. The van der Waals surface area contributed by atoms with Gasteiger partial charge in [0, 0.05) is 12.6 Å². The number of benzene rings is 2. The molecular weight excluding hydrogens is 356 g/mol. The van der Waals surface area contributed by atoms with Crippen LogP contribution in [0.25, 0.3) is 10.8 Å². The minimum Gasteiger partial charge on any atom is -0.480 e. The Bertz CT molecular complexity index is 985. The maximum Gasteiger partial charge on any atom is 0.325 e. The number of likely N-dealkylation sites (tertiary alicyclic amines) is 1. The van der Waals surface area contributed by atoms with E-state index in [-0.39, 0.29) is 24.3 Å². The fraction of sp³-hybridized carbons (Fsp3) is 0.409. The first kappa shape index (κ1) is 18.6. The lowest BCUT2D eigenvalue weighted by Crippen LogP contribution is -2.59. The van der Waals surface area contributed by atoms with Crippen LogP contribution in [0.4, 0.5) is 0 Å². The largest absolute Gasteiger partial charge is 0.480 e. The van der Waals surface area contributed by atoms with Crippen molar-refractivity contribution in [3.05, 3.63) is 48.0 Å². The molecule has 2 aromatic rings. The lowest BCUT2D eigenvalue weighted by molar-refractivity contribution is -0.153. The van der Waals surface area contributed by atoms with Crippen molar-refractivity contribution in [2.75, 3.05) is 6.54 Å². The normalized spacial score (nSPS) is 29.7. The Morgan fingerprint density at radius 3 is 2.43 bits per heavy atom. The van der Waals surface area contributed by atoms with Gasteiger partial charge in [-0.15, -0.1) is 0 Å². The van der Waals surface area contributed by atoms with Gasteiger partial charge >= 0.3 is 5.97 Å². The summed E-state index contributed by atoms with van der Waals surface area (Å²) in [5.41, 5.74) is -0.644. The van der Waals surface area contributed by atoms with Crippen LogP contribution in [0.15, 0.2) is 42.5 Å². The van der Waals surface area contributed by atoms with Crippen LogP contribution in [-0.4, -0.2) is 39.9 Å². The molecule has 2 amide bonds. The van der Waals surface area contributed by atoms with Crippen molar-refractivity contribution in [3.63, 3.8) is 0 Å². The maximum absolute atomic E-state index is 13.1. The second kappa shape index (κ2) is 6.41. The minimum absolute atomic E-state index is 0.253. The van der Waals surface area contributed by atoms with Crippen molar-refractivity contribution in [1.29, 1.82) is 0 Å². The summed E-state index contributed by atoms with van der Waals surface area (Å²) in [7, 11) is 0. The number of rotatable bonds is 4. The van der Waals surface area contributed by atoms with Gasteiger partial charge in [0.2, 0.25) is 11.8 Å². The zero-order chi connectivity index (χ0) is 20.2. The third-order valence-electron chi connectivity index (χ3n) is 6.40. The van der Waals surface area contributed by atoms with Gasteiger partial charge in [0.25, 0.3) is 0 Å². The summed E-state index contributed by atoms with van der Waals surface area (Å²) in [5.74, 6) is -3.74. The highest BCUT2D eigenvalue weighted by molar-refractivity contribution is 6.09. The number of carboxylic acids is 1. The van der Waals surface area contributed by atoms with Crippen molar-refractivity contribution < 1.29 is 19.5 Å². The first-order valence-corrected chi connectivity index (χ1v) is 9.68. The molecule has 2 saturated heterocycles. The molecule has 2 aromatic carbocycles. The van der Waals surface area contributed by atoms with E-state index in [1.807, 2.05) is 42.5 Å². The van der Waals surface area contributed by atoms with E-state index in [9.17, 15) is 19.5 Å². The fourth-order valence-corrected chi connectivity index (χ4v) is 4.97. The van der Waals surface area contributed by atoms with E-state index >= 15 is 0 Å². The molecule has 2 aliphatic heterocycles. The van der Waals surface area contributed by atoms with E-state index in [0.29, 0.717) is 0 Å². The van der Waals surface area contributed by atoms with Gasteiger partial charge in [-0.25, -0.2) is 0 Å². The molecule has 4 rings (SSSR count). The number of carbonyl (C=O) groups excluding carboxylic acids is 2. The Morgan fingerprint density at radius 1 is 1.14 bits per heavy atom. The Labute approximate surface area is 163 Å². The molecule has 6 heteroatoms. The molecule has 2 fully saturated rings. The van der Waals surface area contributed by atoms with Crippen LogP contribution >= 0.6 is 0 Å². The third-order valence-corrected chi connectivity index (χ3v) is 6.40. The topological polar surface area (TPSA) is 86.7 Å². The molecular formula is C22H24N2O4. The molecule has 146 valence electrons. The predicted octanol–water partition coefficient (Wildman–Crippen LogP) is 2.58. The molecule has 28 heavy (non-hydrogen) atoms. The number of fused-ring (bicyclic) bond motifs is 2. The van der Waals surface area contributed by atoms with Crippen molar-refractivity contribution in [1.82, 2.24) is 10.2 Å². The molecule has 2 heterocycles. The number of amides is 2. The maximum atomic E-state index is 13.1. The quantitative estimate of drug-likeness (QED) is 0.796. The van der Waals surface area contributed by atoms with Crippen LogP contribution in [0, 0.1) is 17.8 Å². The highest BCUT2D eigenvalue weighted by Gasteiger charge is 2.69. The third kappa shape index (κ3) is 2.34. The SMILES string of the molecule is CCN1C(=O)C2C(c3ccc4ccccc4c3)NC(C(=O)O)(C(C)C)C2C1=O. The molecule has 2 aliphatic rings. The van der Waals surface area contributed by atoms with Gasteiger partial charge in [0.1, 0.15) is 5.54 Å². The van der Waals surface area contributed by atoms with E-state index in [2.05, 4.69) is 5.32 Å². The van der Waals surface area contributed by atoms with E-state index in [1.165, 1.54) is 4.90 Å². The minimum atomic E-state index is -1.47. The first-order chi connectivity index (χ1) is 13.3. The zero-order valence-electron chi connectivity index (χ0n) is 16.2. The van der Waals surface area contributed by atoms with Crippen molar-refractivity contribution in [2.24, 2.45) is 17.8 Å². The standard InChI is InChI=1S/C22H24N2O4/c1-4-24-19(25)16-17(20(24)26)22(12(2)3,21(27)28)23-18(16)15-10-9-13-7-5-6-8-14(13)11-15/h5-12,16-18,23H,4H2,1-3H3,(H,27,28). The summed E-state index contributed by atoms with van der Waals surface area (Å²) < 4.78 is 0. The number of carboxylic acid groups (broad SMARTS) is 1. The molecule has 0 spiro atoms. The average molecular weight is 380 g/mol. The molecule has 4 atom stereocenters. The Balaban J connectivity index is 1.89. The van der Waals surface area contributed by atoms with Gasteiger partial charge in [0.05, 0.1) is 11.8 Å². The van der Waals surface area contributed by atoms with E-state index in [1.54, 1.807) is 20.8 Å². The Morgan fingerprint density at radius 2 is 1.82 bits per heavy atom. The second-order valence-electron chi connectivity index (χ2n) is 7.98. The van der Waals surface area contributed by atoms with Gasteiger partial charge in [-0.3, -0.25) is 24.6 Å². The molecule has 0 bridgehead atoms. The summed E-state index contributed by atoms with van der Waals surface area (Å²) in [6, 6.07) is 13.2. The predicted molar refractivity (Wildman–Crippen MR) is 104 cm³/mol. The summed E-state index contributed by atoms with van der Waals surface area (Å²) in [6.07, 6.45) is 0. The van der Waals surface area contributed by atoms with Crippen LogP contribution in [0.2, 0.25) is 0 Å². The average Bonchev–Trinajstić information content (AvgIpc) is 3.16. The van der Waals surface area contributed by atoms with Gasteiger partial charge in [-0.05, 0) is 35.2 Å². The smallest absolute Gasteiger partial charge is 0.325 e. The molecule has 0 aromatic heterocycles. The highest BCUT2D eigenvalue weighted by atomic mass is 16.4.